The van der Waals surface area contributed by atoms with E-state index in [1.165, 1.54) is 0 Å². The maximum Gasteiger partial charge on any atom is 0.312 e. The van der Waals surface area contributed by atoms with Gasteiger partial charge in [-0.15, -0.1) is 11.3 Å². The second-order valence-corrected chi connectivity index (χ2v) is 5.85. The highest BCUT2D eigenvalue weighted by atomic mass is 32.1. The number of urea groups is 1. The molecule has 0 aliphatic carbocycles. The highest BCUT2D eigenvalue weighted by Crippen LogP contribution is 2.24. The van der Waals surface area contributed by atoms with Gasteiger partial charge in [0.2, 0.25) is 5.91 Å². The molecule has 0 fully saturated rings. The Hall–Kier alpha value is -2.41. The van der Waals surface area contributed by atoms with Crippen LogP contribution in [0.5, 0.6) is 0 Å². The number of nitrogens with zero attached hydrogens (tertiary/aromatic N) is 1. The van der Waals surface area contributed by atoms with E-state index in [1.807, 2.05) is 30.5 Å². The Bertz CT molecular complexity index is 684. The molecule has 0 spiro atoms. The summed E-state index contributed by atoms with van der Waals surface area (Å²) < 4.78 is 0. The first-order valence-electron chi connectivity index (χ1n) is 6.89. The summed E-state index contributed by atoms with van der Waals surface area (Å²) in [5, 5.41) is 8.16. The maximum absolute atomic E-state index is 12.1. The molecule has 1 heterocycles. The molecule has 3 amide bonds. The Kier molecular flexibility index (Phi) is 5.11. The lowest BCUT2D eigenvalue weighted by Gasteiger charge is -2.15. The summed E-state index contributed by atoms with van der Waals surface area (Å²) >= 11 is 1.57. The minimum absolute atomic E-state index is 0.298. The predicted molar refractivity (Wildman–Crippen MR) is 87.7 cm³/mol. The van der Waals surface area contributed by atoms with Crippen molar-refractivity contribution in [3.8, 4) is 11.3 Å². The van der Waals surface area contributed by atoms with Crippen LogP contribution in [-0.2, 0) is 4.79 Å². The first-order valence-corrected chi connectivity index (χ1v) is 7.77. The molecule has 0 saturated heterocycles. The quantitative estimate of drug-likeness (QED) is 0.790. The Morgan fingerprint density at radius 1 is 1.41 bits per heavy atom. The number of hydrogen-bond acceptors (Lipinski definition) is 4. The molecule has 1 aromatic carbocycles. The van der Waals surface area contributed by atoms with Crippen LogP contribution in [0, 0.1) is 6.92 Å². The number of anilines is 1. The van der Waals surface area contributed by atoms with Crippen molar-refractivity contribution >= 4 is 29.0 Å². The van der Waals surface area contributed by atoms with Crippen molar-refractivity contribution in [2.24, 2.45) is 5.73 Å². The van der Waals surface area contributed by atoms with Crippen molar-refractivity contribution in [1.29, 1.82) is 0 Å². The van der Waals surface area contributed by atoms with Crippen LogP contribution in [0.1, 0.15) is 18.4 Å². The average molecular weight is 318 g/mol. The zero-order chi connectivity index (χ0) is 16.1. The topological polar surface area (TPSA) is 97.1 Å². The van der Waals surface area contributed by atoms with Crippen LogP contribution in [-0.4, -0.2) is 23.0 Å². The highest BCUT2D eigenvalue weighted by molar-refractivity contribution is 7.09. The van der Waals surface area contributed by atoms with E-state index in [-0.39, 0.29) is 5.91 Å². The minimum Gasteiger partial charge on any atom is -0.352 e. The SMILES string of the molecule is CCC(NC(N)=O)C(=O)Nc1cccc(-c2csc(C)n2)c1. The van der Waals surface area contributed by atoms with Crippen molar-refractivity contribution in [2.75, 3.05) is 5.32 Å². The maximum atomic E-state index is 12.1. The van der Waals surface area contributed by atoms with Gasteiger partial charge in [-0.05, 0) is 25.5 Å². The van der Waals surface area contributed by atoms with Gasteiger partial charge in [-0.2, -0.15) is 0 Å². The van der Waals surface area contributed by atoms with Gasteiger partial charge in [0.05, 0.1) is 10.7 Å². The number of carbonyl (C=O) groups excluding carboxylic acids is 2. The third-order valence-electron chi connectivity index (χ3n) is 3.09. The number of thiazole rings is 1. The number of aryl methyl sites for hydroxylation is 1. The van der Waals surface area contributed by atoms with Crippen molar-refractivity contribution < 1.29 is 9.59 Å². The fourth-order valence-corrected chi connectivity index (χ4v) is 2.63. The van der Waals surface area contributed by atoms with E-state index in [9.17, 15) is 9.59 Å². The third-order valence-corrected chi connectivity index (χ3v) is 3.86. The number of nitrogens with one attached hydrogen (secondary N) is 2. The molecule has 6 nitrogen and oxygen atoms in total. The van der Waals surface area contributed by atoms with Gasteiger partial charge in [0, 0.05) is 16.6 Å². The number of amides is 3. The van der Waals surface area contributed by atoms with Gasteiger partial charge in [0.15, 0.2) is 0 Å². The number of hydrogen-bond donors (Lipinski definition) is 3. The first kappa shape index (κ1) is 16.0. The summed E-state index contributed by atoms with van der Waals surface area (Å²) in [7, 11) is 0. The number of primary amides is 1. The van der Waals surface area contributed by atoms with Crippen molar-refractivity contribution in [3.63, 3.8) is 0 Å². The molecule has 0 saturated carbocycles. The lowest BCUT2D eigenvalue weighted by Crippen LogP contribution is -2.45. The fraction of sp³-hybridized carbons (Fsp3) is 0.267. The van der Waals surface area contributed by atoms with Crippen LogP contribution in [0.15, 0.2) is 29.6 Å². The molecular formula is C15H18N4O2S. The Balaban J connectivity index is 2.13. The second-order valence-electron chi connectivity index (χ2n) is 4.79. The average Bonchev–Trinajstić information content (AvgIpc) is 2.91. The molecule has 2 rings (SSSR count). The molecule has 2 aromatic rings. The predicted octanol–water partition coefficient (Wildman–Crippen LogP) is 2.50. The van der Waals surface area contributed by atoms with Crippen LogP contribution in [0.3, 0.4) is 0 Å². The minimum atomic E-state index is -0.714. The standard InChI is InChI=1S/C15H18N4O2S/c1-3-12(19-15(16)21)14(20)18-11-6-4-5-10(7-11)13-8-22-9(2)17-13/h4-8,12H,3H2,1-2H3,(H,18,20)(H3,16,19,21). The molecule has 4 N–H and O–H groups in total. The number of carbonyl (C=O) groups is 2. The molecule has 22 heavy (non-hydrogen) atoms. The van der Waals surface area contributed by atoms with Crippen LogP contribution in [0.2, 0.25) is 0 Å². The molecular weight excluding hydrogens is 300 g/mol. The Labute approximate surface area is 132 Å². The summed E-state index contributed by atoms with van der Waals surface area (Å²) in [5.41, 5.74) is 7.52. The molecule has 1 aromatic heterocycles. The fourth-order valence-electron chi connectivity index (χ4n) is 2.01. The lowest BCUT2D eigenvalue weighted by atomic mass is 10.1. The molecule has 7 heteroatoms. The number of benzene rings is 1. The van der Waals surface area contributed by atoms with E-state index < -0.39 is 12.1 Å². The van der Waals surface area contributed by atoms with E-state index in [4.69, 9.17) is 5.73 Å². The van der Waals surface area contributed by atoms with E-state index in [2.05, 4.69) is 15.6 Å². The Morgan fingerprint density at radius 2 is 2.18 bits per heavy atom. The van der Waals surface area contributed by atoms with Gasteiger partial charge in [0.25, 0.3) is 0 Å². The largest absolute Gasteiger partial charge is 0.352 e. The van der Waals surface area contributed by atoms with E-state index >= 15 is 0 Å². The molecule has 0 radical (unpaired) electrons. The normalized spacial score (nSPS) is 11.7. The van der Waals surface area contributed by atoms with Gasteiger partial charge in [-0.3, -0.25) is 4.79 Å². The van der Waals surface area contributed by atoms with Crippen molar-refractivity contribution in [2.45, 2.75) is 26.3 Å². The first-order chi connectivity index (χ1) is 10.5. The van der Waals surface area contributed by atoms with Gasteiger partial charge >= 0.3 is 6.03 Å². The molecule has 0 aliphatic rings. The van der Waals surface area contributed by atoms with Crippen LogP contribution >= 0.6 is 11.3 Å². The molecule has 0 aliphatic heterocycles. The zero-order valence-electron chi connectivity index (χ0n) is 12.4. The lowest BCUT2D eigenvalue weighted by molar-refractivity contribution is -0.118. The number of nitrogens with two attached hydrogens (primary N) is 1. The molecule has 1 unspecified atom stereocenters. The molecule has 1 atom stereocenters. The zero-order valence-corrected chi connectivity index (χ0v) is 13.2. The van der Waals surface area contributed by atoms with Gasteiger partial charge in [-0.1, -0.05) is 19.1 Å². The molecule has 116 valence electrons. The smallest absolute Gasteiger partial charge is 0.312 e. The summed E-state index contributed by atoms with van der Waals surface area (Å²) in [5.74, 6) is -0.298. The summed E-state index contributed by atoms with van der Waals surface area (Å²) in [6.45, 7) is 3.75. The summed E-state index contributed by atoms with van der Waals surface area (Å²) in [6.07, 6.45) is 0.458. The monoisotopic (exact) mass is 318 g/mol. The van der Waals surface area contributed by atoms with Gasteiger partial charge in [0.1, 0.15) is 6.04 Å². The third kappa shape index (κ3) is 4.05. The molecule has 0 bridgehead atoms. The Morgan fingerprint density at radius 3 is 2.77 bits per heavy atom. The number of rotatable bonds is 5. The van der Waals surface area contributed by atoms with Gasteiger partial charge in [-0.25, -0.2) is 9.78 Å². The van der Waals surface area contributed by atoms with Crippen LogP contribution in [0.4, 0.5) is 10.5 Å². The van der Waals surface area contributed by atoms with Gasteiger partial charge < -0.3 is 16.4 Å². The van der Waals surface area contributed by atoms with E-state index in [1.54, 1.807) is 24.3 Å². The summed E-state index contributed by atoms with van der Waals surface area (Å²) in [4.78, 5) is 27.5. The van der Waals surface area contributed by atoms with Crippen LogP contribution in [0.25, 0.3) is 11.3 Å². The van der Waals surface area contributed by atoms with Crippen LogP contribution < -0.4 is 16.4 Å². The van der Waals surface area contributed by atoms with E-state index in [0.717, 1.165) is 16.3 Å². The van der Waals surface area contributed by atoms with E-state index in [0.29, 0.717) is 12.1 Å². The summed E-state index contributed by atoms with van der Waals surface area (Å²) in [6, 6.07) is 6.06. The van der Waals surface area contributed by atoms with Crippen molar-refractivity contribution in [1.82, 2.24) is 10.3 Å². The van der Waals surface area contributed by atoms with Crippen molar-refractivity contribution in [3.05, 3.63) is 34.7 Å². The number of aromatic nitrogens is 1. The highest BCUT2D eigenvalue weighted by Gasteiger charge is 2.17. The second kappa shape index (κ2) is 7.04.